The van der Waals surface area contributed by atoms with E-state index in [0.29, 0.717) is 5.75 Å². The van der Waals surface area contributed by atoms with Crippen molar-refractivity contribution in [2.24, 2.45) is 11.3 Å². The smallest absolute Gasteiger partial charge is 0.228 e. The number of ether oxygens (including phenoxy) is 1. The van der Waals surface area contributed by atoms with Crippen molar-refractivity contribution in [3.05, 3.63) is 24.0 Å². The lowest BCUT2D eigenvalue weighted by Gasteiger charge is -2.23. The van der Waals surface area contributed by atoms with E-state index in [2.05, 4.69) is 10.6 Å². The molecule has 0 aromatic heterocycles. The van der Waals surface area contributed by atoms with E-state index in [1.54, 1.807) is 12.1 Å². The molecule has 2 aliphatic rings. The summed E-state index contributed by atoms with van der Waals surface area (Å²) >= 11 is 0. The number of piperidine rings is 1. The van der Waals surface area contributed by atoms with Crippen molar-refractivity contribution < 1.29 is 13.9 Å². The van der Waals surface area contributed by atoms with Gasteiger partial charge in [0.2, 0.25) is 5.91 Å². The van der Waals surface area contributed by atoms with Gasteiger partial charge in [-0.2, -0.15) is 0 Å². The molecule has 0 bridgehead atoms. The van der Waals surface area contributed by atoms with Crippen LogP contribution in [0.25, 0.3) is 0 Å². The molecule has 1 saturated heterocycles. The van der Waals surface area contributed by atoms with E-state index in [0.717, 1.165) is 32.4 Å². The van der Waals surface area contributed by atoms with Gasteiger partial charge in [-0.05, 0) is 63.7 Å². The molecule has 2 N–H and O–H groups in total. The minimum Gasteiger partial charge on any atom is -0.491 e. The molecule has 0 radical (unpaired) electrons. The molecule has 1 atom stereocenters. The van der Waals surface area contributed by atoms with Crippen molar-refractivity contribution in [2.45, 2.75) is 39.2 Å². The Kier molecular flexibility index (Phi) is 4.08. The van der Waals surface area contributed by atoms with E-state index in [9.17, 15) is 9.18 Å². The van der Waals surface area contributed by atoms with Crippen LogP contribution in [0, 0.1) is 17.2 Å². The summed E-state index contributed by atoms with van der Waals surface area (Å²) < 4.78 is 19.5. The first-order valence-corrected chi connectivity index (χ1v) is 7.98. The van der Waals surface area contributed by atoms with Gasteiger partial charge < -0.3 is 15.4 Å². The number of rotatable bonds is 4. The summed E-state index contributed by atoms with van der Waals surface area (Å²) in [5, 5.41) is 6.05. The molecular formula is C17H23FN2O2. The number of hydrogen-bond donors (Lipinski definition) is 2. The topological polar surface area (TPSA) is 50.4 Å². The maximum atomic E-state index is 14.1. The number of hydrogen-bond acceptors (Lipinski definition) is 3. The van der Waals surface area contributed by atoms with Gasteiger partial charge in [-0.1, -0.05) is 0 Å². The van der Waals surface area contributed by atoms with E-state index >= 15 is 0 Å². The number of amides is 1. The highest BCUT2D eigenvalue weighted by molar-refractivity contribution is 5.95. The number of carbonyl (C=O) groups excluding carboxylic acids is 1. The van der Waals surface area contributed by atoms with E-state index in [1.165, 1.54) is 6.07 Å². The number of anilines is 1. The molecule has 3 rings (SSSR count). The van der Waals surface area contributed by atoms with E-state index < -0.39 is 5.82 Å². The molecule has 1 saturated carbocycles. The molecule has 1 aliphatic heterocycles. The predicted molar refractivity (Wildman–Crippen MR) is 83.4 cm³/mol. The number of benzene rings is 1. The van der Waals surface area contributed by atoms with Crippen LogP contribution < -0.4 is 15.4 Å². The second-order valence-electron chi connectivity index (χ2n) is 6.67. The Bertz CT molecular complexity index is 568. The molecule has 4 nitrogen and oxygen atoms in total. The van der Waals surface area contributed by atoms with Gasteiger partial charge in [0.15, 0.2) is 0 Å². The maximum absolute atomic E-state index is 14.1. The summed E-state index contributed by atoms with van der Waals surface area (Å²) in [5.41, 5.74) is 0.393. The third-order valence-electron chi connectivity index (χ3n) is 4.68. The van der Waals surface area contributed by atoms with Crippen LogP contribution in [-0.4, -0.2) is 25.1 Å². The largest absolute Gasteiger partial charge is 0.491 e. The molecule has 1 aliphatic carbocycles. The molecule has 120 valence electrons. The Labute approximate surface area is 130 Å². The van der Waals surface area contributed by atoms with Crippen molar-refractivity contribution in [3.63, 3.8) is 0 Å². The highest BCUT2D eigenvalue weighted by atomic mass is 19.1. The number of halogens is 1. The number of carbonyl (C=O) groups is 1. The molecule has 2 fully saturated rings. The highest BCUT2D eigenvalue weighted by Crippen LogP contribution is 2.58. The van der Waals surface area contributed by atoms with E-state index in [1.807, 2.05) is 13.8 Å². The fourth-order valence-electron chi connectivity index (χ4n) is 3.36. The Hall–Kier alpha value is -1.62. The quantitative estimate of drug-likeness (QED) is 0.899. The van der Waals surface area contributed by atoms with Crippen LogP contribution in [-0.2, 0) is 4.79 Å². The first kappa shape index (κ1) is 15.3. The maximum Gasteiger partial charge on any atom is 0.228 e. The van der Waals surface area contributed by atoms with E-state index in [4.69, 9.17) is 4.74 Å². The third-order valence-corrected chi connectivity index (χ3v) is 4.68. The Morgan fingerprint density at radius 3 is 2.77 bits per heavy atom. The molecule has 1 spiro atoms. The van der Waals surface area contributed by atoms with Crippen LogP contribution in [0.5, 0.6) is 5.75 Å². The summed E-state index contributed by atoms with van der Waals surface area (Å²) in [6.45, 7) is 5.72. The third kappa shape index (κ3) is 3.09. The zero-order valence-corrected chi connectivity index (χ0v) is 13.1. The molecule has 1 heterocycles. The second-order valence-corrected chi connectivity index (χ2v) is 6.67. The zero-order valence-electron chi connectivity index (χ0n) is 13.1. The Morgan fingerprint density at radius 1 is 1.41 bits per heavy atom. The molecule has 5 heteroatoms. The van der Waals surface area contributed by atoms with E-state index in [-0.39, 0.29) is 29.0 Å². The zero-order chi connectivity index (χ0) is 15.7. The van der Waals surface area contributed by atoms with Gasteiger partial charge in [0.25, 0.3) is 0 Å². The van der Waals surface area contributed by atoms with Crippen LogP contribution in [0.2, 0.25) is 0 Å². The van der Waals surface area contributed by atoms with Crippen molar-refractivity contribution in [1.82, 2.24) is 5.32 Å². The van der Waals surface area contributed by atoms with Crippen molar-refractivity contribution in [1.29, 1.82) is 0 Å². The minimum absolute atomic E-state index is 0.00826. The summed E-state index contributed by atoms with van der Waals surface area (Å²) in [5.74, 6) is -0.00262. The van der Waals surface area contributed by atoms with Gasteiger partial charge in [0.1, 0.15) is 11.6 Å². The number of nitrogens with one attached hydrogen (secondary N) is 2. The SMILES string of the molecule is CC(C)Oc1ccc(NC(=O)C2CC23CCNCC3)c(F)c1. The normalized spacial score (nSPS) is 22.6. The monoisotopic (exact) mass is 306 g/mol. The lowest BCUT2D eigenvalue weighted by atomic mass is 9.92. The Morgan fingerprint density at radius 2 is 2.14 bits per heavy atom. The van der Waals surface area contributed by atoms with Gasteiger partial charge in [0.05, 0.1) is 11.8 Å². The highest BCUT2D eigenvalue weighted by Gasteiger charge is 2.57. The first-order chi connectivity index (χ1) is 10.5. The van der Waals surface area contributed by atoms with Crippen LogP contribution in [0.3, 0.4) is 0 Å². The van der Waals surface area contributed by atoms with Gasteiger partial charge in [0, 0.05) is 12.0 Å². The lowest BCUT2D eigenvalue weighted by molar-refractivity contribution is -0.118. The first-order valence-electron chi connectivity index (χ1n) is 7.98. The molecule has 1 aromatic rings. The van der Waals surface area contributed by atoms with Crippen LogP contribution in [0.15, 0.2) is 18.2 Å². The second kappa shape index (κ2) is 5.88. The fourth-order valence-corrected chi connectivity index (χ4v) is 3.36. The van der Waals surface area contributed by atoms with Crippen molar-refractivity contribution in [3.8, 4) is 5.75 Å². The minimum atomic E-state index is -0.452. The lowest BCUT2D eigenvalue weighted by Crippen LogP contribution is -2.31. The van der Waals surface area contributed by atoms with Crippen LogP contribution in [0.4, 0.5) is 10.1 Å². The molecule has 22 heavy (non-hydrogen) atoms. The molecule has 1 unspecified atom stereocenters. The predicted octanol–water partition coefficient (Wildman–Crippen LogP) is 2.94. The summed E-state index contributed by atoms with van der Waals surface area (Å²) in [6.07, 6.45) is 2.99. The van der Waals surface area contributed by atoms with Crippen molar-refractivity contribution in [2.75, 3.05) is 18.4 Å². The van der Waals surface area contributed by atoms with Gasteiger partial charge in [-0.3, -0.25) is 4.79 Å². The summed E-state index contributed by atoms with van der Waals surface area (Å²) in [4.78, 5) is 12.3. The molecular weight excluding hydrogens is 283 g/mol. The van der Waals surface area contributed by atoms with Gasteiger partial charge in [-0.25, -0.2) is 4.39 Å². The summed E-state index contributed by atoms with van der Waals surface area (Å²) in [6, 6.07) is 4.58. The standard InChI is InChI=1S/C17H23FN2O2/c1-11(2)22-12-3-4-15(14(18)9-12)20-16(21)13-10-17(13)5-7-19-8-6-17/h3-4,9,11,13,19H,5-8,10H2,1-2H3,(H,20,21). The molecule has 1 aromatic carbocycles. The van der Waals surface area contributed by atoms with Gasteiger partial charge >= 0.3 is 0 Å². The fraction of sp³-hybridized carbons (Fsp3) is 0.588. The molecule has 1 amide bonds. The average Bonchev–Trinajstić information content (AvgIpc) is 3.15. The summed E-state index contributed by atoms with van der Waals surface area (Å²) in [7, 11) is 0. The van der Waals surface area contributed by atoms with Crippen LogP contribution >= 0.6 is 0 Å². The van der Waals surface area contributed by atoms with Crippen molar-refractivity contribution >= 4 is 11.6 Å². The van der Waals surface area contributed by atoms with Gasteiger partial charge in [-0.15, -0.1) is 0 Å². The Balaban J connectivity index is 1.62. The van der Waals surface area contributed by atoms with Crippen LogP contribution in [0.1, 0.15) is 33.1 Å². The average molecular weight is 306 g/mol.